The van der Waals surface area contributed by atoms with Crippen LogP contribution < -0.4 is 5.32 Å². The first-order chi connectivity index (χ1) is 6.20. The van der Waals surface area contributed by atoms with E-state index in [9.17, 15) is 4.79 Å². The highest BCUT2D eigenvalue weighted by Gasteiger charge is 2.22. The summed E-state index contributed by atoms with van der Waals surface area (Å²) in [6.07, 6.45) is -1.05. The topological polar surface area (TPSA) is 67.8 Å². The zero-order valence-electron chi connectivity index (χ0n) is 7.66. The van der Waals surface area contributed by atoms with Gasteiger partial charge in [-0.15, -0.1) is 0 Å². The van der Waals surface area contributed by atoms with Crippen LogP contribution in [-0.4, -0.2) is 49.6 Å². The van der Waals surface area contributed by atoms with Gasteiger partial charge in [0.2, 0.25) is 0 Å². The predicted molar refractivity (Wildman–Crippen MR) is 45.2 cm³/mol. The zero-order chi connectivity index (χ0) is 9.68. The first-order valence-electron chi connectivity index (χ1n) is 4.35. The summed E-state index contributed by atoms with van der Waals surface area (Å²) in [7, 11) is 0. The second-order valence-electron chi connectivity index (χ2n) is 3.03. The van der Waals surface area contributed by atoms with Crippen LogP contribution in [0.1, 0.15) is 6.92 Å². The molecule has 1 amide bonds. The van der Waals surface area contributed by atoms with Crippen molar-refractivity contribution >= 4 is 5.91 Å². The smallest absolute Gasteiger partial charge is 0.251 e. The first kappa shape index (κ1) is 10.4. The summed E-state index contributed by atoms with van der Waals surface area (Å²) in [4.78, 5) is 11.3. The van der Waals surface area contributed by atoms with E-state index in [4.69, 9.17) is 14.6 Å². The average molecular weight is 189 g/mol. The lowest BCUT2D eigenvalue weighted by molar-refractivity contribution is -0.147. The van der Waals surface area contributed by atoms with Gasteiger partial charge in [-0.2, -0.15) is 0 Å². The van der Waals surface area contributed by atoms with Crippen molar-refractivity contribution in [3.63, 3.8) is 0 Å². The Morgan fingerprint density at radius 2 is 2.46 bits per heavy atom. The third kappa shape index (κ3) is 3.71. The van der Waals surface area contributed by atoms with Crippen LogP contribution in [0.4, 0.5) is 0 Å². The van der Waals surface area contributed by atoms with E-state index in [1.54, 1.807) is 6.92 Å². The Bertz CT molecular complexity index is 166. The summed E-state index contributed by atoms with van der Waals surface area (Å²) in [5, 5.41) is 11.5. The van der Waals surface area contributed by atoms with Crippen LogP contribution in [0.15, 0.2) is 0 Å². The molecule has 5 nitrogen and oxygen atoms in total. The molecule has 0 spiro atoms. The van der Waals surface area contributed by atoms with E-state index < -0.39 is 12.2 Å². The fourth-order valence-electron chi connectivity index (χ4n) is 1.00. The monoisotopic (exact) mass is 189 g/mol. The Balaban J connectivity index is 2.21. The summed E-state index contributed by atoms with van der Waals surface area (Å²) < 4.78 is 10.2. The molecule has 1 unspecified atom stereocenters. The summed E-state index contributed by atoms with van der Waals surface area (Å²) >= 11 is 0. The lowest BCUT2D eigenvalue weighted by Crippen LogP contribution is -2.44. The van der Waals surface area contributed by atoms with Gasteiger partial charge in [-0.3, -0.25) is 4.79 Å². The van der Waals surface area contributed by atoms with Crippen molar-refractivity contribution in [1.82, 2.24) is 5.32 Å². The number of carbonyl (C=O) groups is 1. The number of nitrogens with one attached hydrogen (secondary N) is 1. The van der Waals surface area contributed by atoms with Crippen molar-refractivity contribution in [2.75, 3.05) is 26.4 Å². The van der Waals surface area contributed by atoms with Gasteiger partial charge in [0.1, 0.15) is 0 Å². The van der Waals surface area contributed by atoms with Crippen LogP contribution in [0.5, 0.6) is 0 Å². The summed E-state index contributed by atoms with van der Waals surface area (Å²) in [5.41, 5.74) is 0. The minimum atomic E-state index is -0.534. The van der Waals surface area contributed by atoms with Crippen LogP contribution in [0.25, 0.3) is 0 Å². The van der Waals surface area contributed by atoms with E-state index in [0.29, 0.717) is 19.8 Å². The van der Waals surface area contributed by atoms with Gasteiger partial charge in [0.15, 0.2) is 6.10 Å². The summed E-state index contributed by atoms with van der Waals surface area (Å²) in [6.45, 7) is 3.15. The van der Waals surface area contributed by atoms with Crippen molar-refractivity contribution in [3.05, 3.63) is 0 Å². The van der Waals surface area contributed by atoms with Gasteiger partial charge in [-0.25, -0.2) is 0 Å². The Morgan fingerprint density at radius 3 is 3.00 bits per heavy atom. The normalized spacial score (nSPS) is 25.2. The molecule has 0 bridgehead atoms. The highest BCUT2D eigenvalue weighted by Crippen LogP contribution is 2.00. The molecule has 13 heavy (non-hydrogen) atoms. The highest BCUT2D eigenvalue weighted by molar-refractivity contribution is 5.80. The Kier molecular flexibility index (Phi) is 4.14. The molecule has 0 saturated carbocycles. The molecule has 5 heteroatoms. The van der Waals surface area contributed by atoms with Crippen LogP contribution in [0.2, 0.25) is 0 Å². The van der Waals surface area contributed by atoms with E-state index in [1.165, 1.54) is 0 Å². The van der Waals surface area contributed by atoms with E-state index in [2.05, 4.69) is 5.32 Å². The Morgan fingerprint density at radius 1 is 1.69 bits per heavy atom. The SMILES string of the molecule is C[C@@H](O)CNC(=O)C1COCCO1. The van der Waals surface area contributed by atoms with Gasteiger partial charge in [-0.05, 0) is 6.92 Å². The maximum absolute atomic E-state index is 11.3. The third-order valence-corrected chi connectivity index (χ3v) is 1.68. The molecule has 1 rings (SSSR count). The Labute approximate surface area is 77.0 Å². The second kappa shape index (κ2) is 5.16. The minimum absolute atomic E-state index is 0.222. The summed E-state index contributed by atoms with van der Waals surface area (Å²) in [5.74, 6) is -0.222. The molecule has 1 aliphatic rings. The van der Waals surface area contributed by atoms with Gasteiger partial charge < -0.3 is 19.9 Å². The van der Waals surface area contributed by atoms with Gasteiger partial charge in [0.25, 0.3) is 5.91 Å². The average Bonchev–Trinajstić information content (AvgIpc) is 2.15. The van der Waals surface area contributed by atoms with Gasteiger partial charge in [0, 0.05) is 6.54 Å². The fourth-order valence-corrected chi connectivity index (χ4v) is 1.00. The van der Waals surface area contributed by atoms with Crippen molar-refractivity contribution < 1.29 is 19.4 Å². The van der Waals surface area contributed by atoms with Crippen molar-refractivity contribution in [2.24, 2.45) is 0 Å². The quantitative estimate of drug-likeness (QED) is 0.591. The van der Waals surface area contributed by atoms with Gasteiger partial charge >= 0.3 is 0 Å². The maximum Gasteiger partial charge on any atom is 0.251 e. The molecular weight excluding hydrogens is 174 g/mol. The van der Waals surface area contributed by atoms with E-state index in [0.717, 1.165) is 0 Å². The van der Waals surface area contributed by atoms with Crippen LogP contribution in [-0.2, 0) is 14.3 Å². The molecule has 0 radical (unpaired) electrons. The maximum atomic E-state index is 11.3. The highest BCUT2D eigenvalue weighted by atomic mass is 16.6. The number of carbonyl (C=O) groups excluding carboxylic acids is 1. The fraction of sp³-hybridized carbons (Fsp3) is 0.875. The van der Waals surface area contributed by atoms with Crippen molar-refractivity contribution in [2.45, 2.75) is 19.1 Å². The second-order valence-corrected chi connectivity index (χ2v) is 3.03. The first-order valence-corrected chi connectivity index (χ1v) is 4.35. The molecule has 1 heterocycles. The number of hydrogen-bond acceptors (Lipinski definition) is 4. The van der Waals surface area contributed by atoms with Crippen molar-refractivity contribution in [1.29, 1.82) is 0 Å². The molecule has 1 aliphatic heterocycles. The zero-order valence-corrected chi connectivity index (χ0v) is 7.66. The molecule has 0 aromatic carbocycles. The molecule has 2 atom stereocenters. The number of hydrogen-bond donors (Lipinski definition) is 2. The largest absolute Gasteiger partial charge is 0.392 e. The lowest BCUT2D eigenvalue weighted by atomic mass is 10.3. The van der Waals surface area contributed by atoms with Crippen LogP contribution >= 0.6 is 0 Å². The predicted octanol–water partition coefficient (Wildman–Crippen LogP) is -1.10. The molecule has 0 aromatic heterocycles. The third-order valence-electron chi connectivity index (χ3n) is 1.68. The van der Waals surface area contributed by atoms with Gasteiger partial charge in [-0.1, -0.05) is 0 Å². The molecule has 1 fully saturated rings. The standard InChI is InChI=1S/C8H15NO4/c1-6(10)4-9-8(11)7-5-12-2-3-13-7/h6-7,10H,2-5H2,1H3,(H,9,11)/t6-,7?/m1/s1. The molecule has 2 N–H and O–H groups in total. The van der Waals surface area contributed by atoms with Crippen LogP contribution in [0, 0.1) is 0 Å². The molecule has 0 aromatic rings. The number of aliphatic hydroxyl groups excluding tert-OH is 1. The number of rotatable bonds is 3. The van der Waals surface area contributed by atoms with E-state index in [1.807, 2.05) is 0 Å². The number of ether oxygens (including phenoxy) is 2. The minimum Gasteiger partial charge on any atom is -0.392 e. The van der Waals surface area contributed by atoms with E-state index in [-0.39, 0.29) is 12.5 Å². The van der Waals surface area contributed by atoms with Crippen LogP contribution in [0.3, 0.4) is 0 Å². The molecule has 76 valence electrons. The molecule has 0 aliphatic carbocycles. The molecule has 1 saturated heterocycles. The Hall–Kier alpha value is -0.650. The van der Waals surface area contributed by atoms with E-state index >= 15 is 0 Å². The molecular formula is C8H15NO4. The summed E-state index contributed by atoms with van der Waals surface area (Å²) in [6, 6.07) is 0. The lowest BCUT2D eigenvalue weighted by Gasteiger charge is -2.22. The van der Waals surface area contributed by atoms with Gasteiger partial charge in [0.05, 0.1) is 25.9 Å². The number of amides is 1. The number of aliphatic hydroxyl groups is 1. The van der Waals surface area contributed by atoms with Crippen molar-refractivity contribution in [3.8, 4) is 0 Å².